The Bertz CT molecular complexity index is 505. The van der Waals surface area contributed by atoms with Crippen molar-refractivity contribution in [2.24, 2.45) is 5.92 Å². The first-order valence-corrected chi connectivity index (χ1v) is 8.53. The Morgan fingerprint density at radius 1 is 1.29 bits per heavy atom. The largest absolute Gasteiger partial charge is 0.381 e. The predicted octanol–water partition coefficient (Wildman–Crippen LogP) is 2.87. The van der Waals surface area contributed by atoms with Gasteiger partial charge in [-0.1, -0.05) is 18.2 Å². The third kappa shape index (κ3) is 3.40. The number of halogens is 1. The van der Waals surface area contributed by atoms with E-state index in [4.69, 9.17) is 4.74 Å². The van der Waals surface area contributed by atoms with Crippen LogP contribution in [0.25, 0.3) is 0 Å². The Labute approximate surface area is 128 Å². The lowest BCUT2D eigenvalue weighted by molar-refractivity contribution is -0.135. The second-order valence-electron chi connectivity index (χ2n) is 5.56. The molecule has 2 unspecified atom stereocenters. The van der Waals surface area contributed by atoms with Crippen molar-refractivity contribution in [3.05, 3.63) is 35.6 Å². The van der Waals surface area contributed by atoms with Gasteiger partial charge < -0.3 is 9.64 Å². The highest BCUT2D eigenvalue weighted by Crippen LogP contribution is 2.36. The van der Waals surface area contributed by atoms with Crippen LogP contribution in [0.15, 0.2) is 24.3 Å². The summed E-state index contributed by atoms with van der Waals surface area (Å²) in [4.78, 5) is 14.4. The van der Waals surface area contributed by atoms with Gasteiger partial charge in [0.2, 0.25) is 5.91 Å². The van der Waals surface area contributed by atoms with Crippen molar-refractivity contribution < 1.29 is 13.9 Å². The van der Waals surface area contributed by atoms with E-state index in [1.165, 1.54) is 6.07 Å². The fraction of sp³-hybridized carbons (Fsp3) is 0.562. The summed E-state index contributed by atoms with van der Waals surface area (Å²) in [5.41, 5.74) is 0.765. The quantitative estimate of drug-likeness (QED) is 0.841. The fourth-order valence-electron chi connectivity index (χ4n) is 2.96. The first-order valence-electron chi connectivity index (χ1n) is 7.48. The highest BCUT2D eigenvalue weighted by molar-refractivity contribution is 7.99. The van der Waals surface area contributed by atoms with Gasteiger partial charge in [-0.25, -0.2) is 4.39 Å². The van der Waals surface area contributed by atoms with Crippen LogP contribution in [0, 0.1) is 11.7 Å². The van der Waals surface area contributed by atoms with E-state index in [0.717, 1.165) is 30.7 Å². The third-order valence-corrected chi connectivity index (χ3v) is 5.49. The molecule has 1 aromatic rings. The van der Waals surface area contributed by atoms with E-state index in [1.54, 1.807) is 17.8 Å². The molecule has 2 saturated heterocycles. The lowest BCUT2D eigenvalue weighted by atomic mass is 10.1. The van der Waals surface area contributed by atoms with E-state index >= 15 is 0 Å². The minimum atomic E-state index is -0.140. The zero-order valence-corrected chi connectivity index (χ0v) is 12.8. The maximum atomic E-state index is 13.9. The molecule has 1 amide bonds. The van der Waals surface area contributed by atoms with E-state index in [-0.39, 0.29) is 22.9 Å². The van der Waals surface area contributed by atoms with Crippen molar-refractivity contribution in [2.45, 2.75) is 18.1 Å². The predicted molar refractivity (Wildman–Crippen MR) is 81.7 cm³/mol. The Morgan fingerprint density at radius 3 is 2.90 bits per heavy atom. The summed E-state index contributed by atoms with van der Waals surface area (Å²) in [7, 11) is 0. The summed E-state index contributed by atoms with van der Waals surface area (Å²) in [6, 6.07) is 6.97. The number of nitrogens with zero attached hydrogens (tertiary/aromatic N) is 1. The summed E-state index contributed by atoms with van der Waals surface area (Å²) < 4.78 is 19.2. The number of rotatable bonds is 2. The molecule has 2 fully saturated rings. The van der Waals surface area contributed by atoms with Crippen LogP contribution in [0.5, 0.6) is 0 Å². The number of ether oxygens (including phenoxy) is 1. The van der Waals surface area contributed by atoms with Crippen molar-refractivity contribution in [3.63, 3.8) is 0 Å². The molecule has 114 valence electrons. The molecule has 5 heteroatoms. The second-order valence-corrected chi connectivity index (χ2v) is 6.87. The Hall–Kier alpha value is -1.07. The van der Waals surface area contributed by atoms with Gasteiger partial charge in [0.15, 0.2) is 0 Å². The highest BCUT2D eigenvalue weighted by atomic mass is 32.2. The Kier molecular flexibility index (Phi) is 4.80. The summed E-state index contributed by atoms with van der Waals surface area (Å²) in [5.74, 6) is 0.958. The number of amides is 1. The van der Waals surface area contributed by atoms with Gasteiger partial charge in [0.05, 0.1) is 12.5 Å². The zero-order valence-electron chi connectivity index (χ0n) is 12.0. The molecule has 2 aliphatic rings. The molecule has 2 atom stereocenters. The molecule has 3 rings (SSSR count). The number of carbonyl (C=O) groups excluding carboxylic acids is 1. The maximum absolute atomic E-state index is 13.9. The average molecular weight is 309 g/mol. The second kappa shape index (κ2) is 6.79. The molecular formula is C16H20FNO2S. The molecule has 0 N–H and O–H groups in total. The molecule has 0 bridgehead atoms. The van der Waals surface area contributed by atoms with Gasteiger partial charge in [0.25, 0.3) is 0 Å². The summed E-state index contributed by atoms with van der Waals surface area (Å²) in [5, 5.41) is 0.142. The van der Waals surface area contributed by atoms with Crippen LogP contribution < -0.4 is 0 Å². The van der Waals surface area contributed by atoms with Gasteiger partial charge in [-0.05, 0) is 18.9 Å². The number of benzene rings is 1. The monoisotopic (exact) mass is 309 g/mol. The molecule has 0 aromatic heterocycles. The Balaban J connectivity index is 1.64. The van der Waals surface area contributed by atoms with E-state index in [0.29, 0.717) is 19.8 Å². The first-order chi connectivity index (χ1) is 10.3. The smallest absolute Gasteiger partial charge is 0.228 e. The zero-order chi connectivity index (χ0) is 14.7. The SMILES string of the molecule is O=C(C1CCOC1)N1CCSC(c2ccccc2F)CC1. The van der Waals surface area contributed by atoms with Crippen LogP contribution in [-0.2, 0) is 9.53 Å². The molecular weight excluding hydrogens is 289 g/mol. The molecule has 2 aliphatic heterocycles. The van der Waals surface area contributed by atoms with Crippen molar-refractivity contribution >= 4 is 17.7 Å². The van der Waals surface area contributed by atoms with Crippen LogP contribution in [0.3, 0.4) is 0 Å². The van der Waals surface area contributed by atoms with Crippen molar-refractivity contribution in [3.8, 4) is 0 Å². The highest BCUT2D eigenvalue weighted by Gasteiger charge is 2.30. The molecule has 2 heterocycles. The van der Waals surface area contributed by atoms with Crippen LogP contribution in [0.4, 0.5) is 4.39 Å². The summed E-state index contributed by atoms with van der Waals surface area (Å²) in [6.07, 6.45) is 1.64. The first kappa shape index (κ1) is 14.9. The number of hydrogen-bond acceptors (Lipinski definition) is 3. The van der Waals surface area contributed by atoms with Crippen molar-refractivity contribution in [1.82, 2.24) is 4.90 Å². The summed E-state index contributed by atoms with van der Waals surface area (Å²) >= 11 is 1.75. The number of thioether (sulfide) groups is 1. The van der Waals surface area contributed by atoms with Crippen LogP contribution in [-0.4, -0.2) is 42.9 Å². The average Bonchev–Trinajstić information content (AvgIpc) is 2.92. The lowest BCUT2D eigenvalue weighted by Gasteiger charge is -2.23. The van der Waals surface area contributed by atoms with E-state index in [1.807, 2.05) is 17.0 Å². The van der Waals surface area contributed by atoms with Gasteiger partial charge in [-0.15, -0.1) is 0 Å². The van der Waals surface area contributed by atoms with E-state index in [9.17, 15) is 9.18 Å². The van der Waals surface area contributed by atoms with Gasteiger partial charge in [0.1, 0.15) is 5.82 Å². The molecule has 1 aromatic carbocycles. The lowest BCUT2D eigenvalue weighted by Crippen LogP contribution is -2.37. The van der Waals surface area contributed by atoms with Gasteiger partial charge in [-0.3, -0.25) is 4.79 Å². The molecule has 3 nitrogen and oxygen atoms in total. The van der Waals surface area contributed by atoms with Crippen LogP contribution >= 0.6 is 11.8 Å². The fourth-order valence-corrected chi connectivity index (χ4v) is 4.22. The summed E-state index contributed by atoms with van der Waals surface area (Å²) in [6.45, 7) is 2.71. The van der Waals surface area contributed by atoms with E-state index in [2.05, 4.69) is 0 Å². The Morgan fingerprint density at radius 2 is 2.14 bits per heavy atom. The minimum Gasteiger partial charge on any atom is -0.381 e. The van der Waals surface area contributed by atoms with Crippen LogP contribution in [0.1, 0.15) is 23.7 Å². The molecule has 0 saturated carbocycles. The molecule has 0 aliphatic carbocycles. The third-order valence-electron chi connectivity index (χ3n) is 4.18. The van der Waals surface area contributed by atoms with Gasteiger partial charge in [0, 0.05) is 36.3 Å². The standard InChI is InChI=1S/C16H20FNO2S/c17-14-4-2-1-3-13(14)15-5-7-18(8-10-21-15)16(19)12-6-9-20-11-12/h1-4,12,15H,5-11H2. The van der Waals surface area contributed by atoms with Gasteiger partial charge >= 0.3 is 0 Å². The van der Waals surface area contributed by atoms with Crippen molar-refractivity contribution in [2.75, 3.05) is 32.1 Å². The minimum absolute atomic E-state index is 0.0278. The molecule has 21 heavy (non-hydrogen) atoms. The maximum Gasteiger partial charge on any atom is 0.228 e. The normalized spacial score (nSPS) is 26.6. The van der Waals surface area contributed by atoms with Crippen molar-refractivity contribution in [1.29, 1.82) is 0 Å². The molecule has 0 radical (unpaired) electrons. The topological polar surface area (TPSA) is 29.5 Å². The molecule has 0 spiro atoms. The van der Waals surface area contributed by atoms with Crippen LogP contribution in [0.2, 0.25) is 0 Å². The van der Waals surface area contributed by atoms with Gasteiger partial charge in [-0.2, -0.15) is 11.8 Å². The number of carbonyl (C=O) groups is 1. The van der Waals surface area contributed by atoms with E-state index < -0.39 is 0 Å². The number of hydrogen-bond donors (Lipinski definition) is 0.